The lowest BCUT2D eigenvalue weighted by molar-refractivity contribution is 1.29. The summed E-state index contributed by atoms with van der Waals surface area (Å²) in [6, 6.07) is 98.1. The summed E-state index contributed by atoms with van der Waals surface area (Å²) in [5, 5.41) is 9.88. The largest absolute Gasteiger partial charge is 0.310 e. The van der Waals surface area contributed by atoms with Crippen molar-refractivity contribution in [2.75, 3.05) is 9.80 Å². The summed E-state index contributed by atoms with van der Waals surface area (Å²) in [5.41, 5.74) is 13.9. The Morgan fingerprint density at radius 1 is 0.222 bits per heavy atom. The van der Waals surface area contributed by atoms with E-state index in [1.54, 1.807) is 0 Å². The number of rotatable bonds is 9. The van der Waals surface area contributed by atoms with Gasteiger partial charge in [0.15, 0.2) is 0 Å². The van der Waals surface area contributed by atoms with Crippen LogP contribution in [0.15, 0.2) is 267 Å². The van der Waals surface area contributed by atoms with Gasteiger partial charge in [0.1, 0.15) is 0 Å². The summed E-state index contributed by atoms with van der Waals surface area (Å²) >= 11 is 3.79. The second kappa shape index (κ2) is 17.6. The van der Waals surface area contributed by atoms with Gasteiger partial charge in [-0.3, -0.25) is 0 Å². The molecule has 2 aromatic heterocycles. The third-order valence-electron chi connectivity index (χ3n) is 14.1. The first kappa shape index (κ1) is 42.1. The number of anilines is 6. The molecule has 0 radical (unpaired) electrons. The zero-order valence-corrected chi connectivity index (χ0v) is 40.7. The molecule has 0 amide bonds. The topological polar surface area (TPSA) is 6.48 Å². The Balaban J connectivity index is 1.03. The van der Waals surface area contributed by atoms with E-state index in [9.17, 15) is 0 Å². The average Bonchev–Trinajstić information content (AvgIpc) is 4.02. The second-order valence-electron chi connectivity index (χ2n) is 18.5. The van der Waals surface area contributed by atoms with Crippen LogP contribution in [0.4, 0.5) is 34.1 Å². The second-order valence-corrected chi connectivity index (χ2v) is 20.5. The summed E-state index contributed by atoms with van der Waals surface area (Å²) in [6.07, 6.45) is 0. The predicted molar refractivity (Wildman–Crippen MR) is 313 cm³/mol. The zero-order valence-electron chi connectivity index (χ0n) is 39.1. The third-order valence-corrected chi connectivity index (χ3v) is 16.7. The lowest BCUT2D eigenvalue weighted by atomic mass is 9.95. The average molecular weight is 953 g/mol. The minimum atomic E-state index is 1.11. The van der Waals surface area contributed by atoms with Gasteiger partial charge in [0.25, 0.3) is 0 Å². The molecule has 4 heteroatoms. The molecule has 0 aliphatic rings. The van der Waals surface area contributed by atoms with Crippen molar-refractivity contribution in [3.05, 3.63) is 267 Å². The van der Waals surface area contributed by atoms with Crippen LogP contribution in [0.25, 0.3) is 95.3 Å². The molecular weight excluding hydrogens is 909 g/mol. The van der Waals surface area contributed by atoms with Crippen LogP contribution in [0.1, 0.15) is 0 Å². The number of thiophene rings is 2. The van der Waals surface area contributed by atoms with Crippen LogP contribution in [0.5, 0.6) is 0 Å². The van der Waals surface area contributed by atoms with Gasteiger partial charge in [0.2, 0.25) is 0 Å². The first-order valence-electron chi connectivity index (χ1n) is 24.5. The molecule has 0 spiro atoms. The highest BCUT2D eigenvalue weighted by molar-refractivity contribution is 7.27. The zero-order chi connectivity index (χ0) is 47.5. The van der Waals surface area contributed by atoms with Crippen LogP contribution in [0, 0.1) is 0 Å². The molecule has 72 heavy (non-hydrogen) atoms. The molecular formula is C68H44N2S2. The number of para-hydroxylation sites is 2. The van der Waals surface area contributed by atoms with E-state index in [0.717, 1.165) is 34.1 Å². The Hall–Kier alpha value is -8.80. The Bertz CT molecular complexity index is 4230. The maximum absolute atomic E-state index is 2.46. The summed E-state index contributed by atoms with van der Waals surface area (Å²) in [5.74, 6) is 0. The van der Waals surface area contributed by atoms with Gasteiger partial charge in [-0.05, 0) is 129 Å². The van der Waals surface area contributed by atoms with Crippen LogP contribution >= 0.6 is 22.7 Å². The predicted octanol–water partition coefficient (Wildman–Crippen LogP) is 20.7. The van der Waals surface area contributed by atoms with Gasteiger partial charge in [-0.1, -0.05) is 182 Å². The third kappa shape index (κ3) is 7.31. The molecule has 0 atom stereocenters. The fourth-order valence-corrected chi connectivity index (χ4v) is 13.3. The molecule has 12 aromatic carbocycles. The minimum absolute atomic E-state index is 1.11. The number of nitrogens with zero attached hydrogens (tertiary/aromatic N) is 2. The maximum Gasteiger partial charge on any atom is 0.0475 e. The number of benzene rings is 12. The summed E-state index contributed by atoms with van der Waals surface area (Å²) in [4.78, 5) is 4.85. The van der Waals surface area contributed by atoms with Crippen molar-refractivity contribution < 1.29 is 0 Å². The van der Waals surface area contributed by atoms with Gasteiger partial charge in [0, 0.05) is 85.6 Å². The van der Waals surface area contributed by atoms with Gasteiger partial charge < -0.3 is 9.80 Å². The highest BCUT2D eigenvalue weighted by atomic mass is 32.1. The van der Waals surface area contributed by atoms with Crippen LogP contribution in [-0.2, 0) is 0 Å². The molecule has 0 N–H and O–H groups in total. The summed E-state index contributed by atoms with van der Waals surface area (Å²) < 4.78 is 5.12. The highest BCUT2D eigenvalue weighted by Gasteiger charge is 2.23. The lowest BCUT2D eigenvalue weighted by Crippen LogP contribution is -2.10. The molecule has 2 nitrogen and oxygen atoms in total. The van der Waals surface area contributed by atoms with Gasteiger partial charge in [-0.15, -0.1) is 22.7 Å². The fraction of sp³-hybridized carbons (Fsp3) is 0. The first-order valence-corrected chi connectivity index (χ1v) is 26.1. The Morgan fingerprint density at radius 2 is 0.667 bits per heavy atom. The van der Waals surface area contributed by atoms with Crippen LogP contribution in [0.3, 0.4) is 0 Å². The summed E-state index contributed by atoms with van der Waals surface area (Å²) in [6.45, 7) is 0. The summed E-state index contributed by atoms with van der Waals surface area (Å²) in [7, 11) is 0. The Labute approximate surface area is 426 Å². The van der Waals surface area contributed by atoms with Gasteiger partial charge >= 0.3 is 0 Å². The number of hydrogen-bond donors (Lipinski definition) is 0. The van der Waals surface area contributed by atoms with Crippen LogP contribution < -0.4 is 9.80 Å². The Morgan fingerprint density at radius 3 is 1.28 bits per heavy atom. The molecule has 0 saturated carbocycles. The van der Waals surface area contributed by atoms with Crippen molar-refractivity contribution in [3.63, 3.8) is 0 Å². The van der Waals surface area contributed by atoms with Crippen molar-refractivity contribution in [1.29, 1.82) is 0 Å². The number of hydrogen-bond acceptors (Lipinski definition) is 4. The smallest absolute Gasteiger partial charge is 0.0475 e. The SMILES string of the molecule is c1ccc(-c2cccc3c2sc2c(-c4cccc(-c5cc(N(c6ccccc6)c6ccccc6)cc6c5sc5ccccc56)c4)cc(N(c4ccc5ccccc5c4)c4ccc5ccccc5c4)cc23)cc1. The molecule has 0 fully saturated rings. The standard InChI is InChI=1S/C68H44N2S2/c1-4-20-47(21-5-1)58-31-17-32-60-64-44-57(70(54-36-34-45-18-10-12-22-48(45)39-54)55-37-35-46-19-11-13-23-49(46)40-55)42-62(68(64)72-66(58)60)51-25-16-24-50(38-51)61-41-56(43-63-59-30-14-15-33-65(59)71-67(61)63)69(52-26-6-2-7-27-52)53-28-8-3-9-29-53/h1-44H. The van der Waals surface area contributed by atoms with E-state index in [0.29, 0.717) is 0 Å². The molecule has 0 unspecified atom stereocenters. The van der Waals surface area contributed by atoms with Crippen molar-refractivity contribution in [2.45, 2.75) is 0 Å². The van der Waals surface area contributed by atoms with E-state index < -0.39 is 0 Å². The quantitative estimate of drug-likeness (QED) is 0.142. The van der Waals surface area contributed by atoms with E-state index in [1.165, 1.54) is 95.3 Å². The monoisotopic (exact) mass is 952 g/mol. The fourth-order valence-electron chi connectivity index (χ4n) is 10.8. The maximum atomic E-state index is 2.46. The minimum Gasteiger partial charge on any atom is -0.310 e. The van der Waals surface area contributed by atoms with Crippen LogP contribution in [-0.4, -0.2) is 0 Å². The number of fused-ring (bicyclic) bond motifs is 8. The lowest BCUT2D eigenvalue weighted by Gasteiger charge is -2.27. The van der Waals surface area contributed by atoms with Crippen molar-refractivity contribution in [3.8, 4) is 33.4 Å². The van der Waals surface area contributed by atoms with E-state index in [1.807, 2.05) is 22.7 Å². The molecule has 2 heterocycles. The molecule has 14 rings (SSSR count). The van der Waals surface area contributed by atoms with E-state index in [-0.39, 0.29) is 0 Å². The van der Waals surface area contributed by atoms with E-state index >= 15 is 0 Å². The van der Waals surface area contributed by atoms with Gasteiger partial charge in [0.05, 0.1) is 0 Å². The first-order chi connectivity index (χ1) is 35.7. The molecule has 0 saturated heterocycles. The molecule has 14 aromatic rings. The van der Waals surface area contributed by atoms with Crippen molar-refractivity contribution in [2.24, 2.45) is 0 Å². The molecule has 0 aliphatic carbocycles. The van der Waals surface area contributed by atoms with Crippen molar-refractivity contribution in [1.82, 2.24) is 0 Å². The Kier molecular flexibility index (Phi) is 10.3. The van der Waals surface area contributed by atoms with E-state index in [4.69, 9.17) is 0 Å². The molecule has 338 valence electrons. The van der Waals surface area contributed by atoms with E-state index in [2.05, 4.69) is 277 Å². The van der Waals surface area contributed by atoms with Gasteiger partial charge in [-0.25, -0.2) is 0 Å². The van der Waals surface area contributed by atoms with Crippen LogP contribution in [0.2, 0.25) is 0 Å². The van der Waals surface area contributed by atoms with Crippen molar-refractivity contribution >= 4 is 119 Å². The molecule has 0 aliphatic heterocycles. The highest BCUT2D eigenvalue weighted by Crippen LogP contribution is 2.50. The normalized spacial score (nSPS) is 11.6. The molecule has 0 bridgehead atoms. The van der Waals surface area contributed by atoms with Gasteiger partial charge in [-0.2, -0.15) is 0 Å².